The molecule has 2 aliphatic carbocycles. The van der Waals surface area contributed by atoms with Crippen LogP contribution in [0, 0.1) is 18.8 Å². The van der Waals surface area contributed by atoms with E-state index < -0.39 is 21.2 Å². The first-order valence-corrected chi connectivity index (χ1v) is 9.99. The Hall–Kier alpha value is -1.96. The van der Waals surface area contributed by atoms with Crippen LogP contribution in [0.25, 0.3) is 0 Å². The van der Waals surface area contributed by atoms with Gasteiger partial charge in [-0.15, -0.1) is 0 Å². The van der Waals surface area contributed by atoms with Crippen LogP contribution in [0.3, 0.4) is 0 Å². The number of carbonyl (C=O) groups is 2. The molecule has 2 amide bonds. The second-order valence-electron chi connectivity index (χ2n) is 7.22. The van der Waals surface area contributed by atoms with Crippen LogP contribution in [0.5, 0.6) is 0 Å². The topological polar surface area (TPSA) is 96.4 Å². The number of amides is 2. The van der Waals surface area contributed by atoms with Crippen molar-refractivity contribution >= 4 is 21.8 Å². The number of carbonyl (C=O) groups excluding carboxylic acids is 2. The summed E-state index contributed by atoms with van der Waals surface area (Å²) < 4.78 is 27.3. The first-order valence-electron chi connectivity index (χ1n) is 8.44. The fraction of sp³-hybridized carbons (Fsp3) is 0.588. The van der Waals surface area contributed by atoms with Gasteiger partial charge in [-0.25, -0.2) is 18.1 Å². The molecule has 0 saturated heterocycles. The maximum absolute atomic E-state index is 12.6. The van der Waals surface area contributed by atoms with Crippen molar-refractivity contribution in [1.29, 1.82) is 0 Å². The Morgan fingerprint density at radius 1 is 1.20 bits per heavy atom. The average molecular weight is 365 g/mol. The third-order valence-electron chi connectivity index (χ3n) is 5.26. The maximum atomic E-state index is 12.6. The van der Waals surface area contributed by atoms with Crippen LogP contribution in [0.2, 0.25) is 0 Å². The van der Waals surface area contributed by atoms with E-state index in [9.17, 15) is 18.0 Å². The molecular formula is C17H23N3O4S. The number of aryl methyl sites for hydroxylation is 1. The van der Waals surface area contributed by atoms with Crippen LogP contribution in [-0.2, 0) is 10.0 Å². The summed E-state index contributed by atoms with van der Waals surface area (Å²) in [5.41, 5.74) is 0.713. The van der Waals surface area contributed by atoms with E-state index in [-0.39, 0.29) is 23.1 Å². The minimum absolute atomic E-state index is 0.162. The lowest BCUT2D eigenvalue weighted by Gasteiger charge is -2.22. The summed E-state index contributed by atoms with van der Waals surface area (Å²) in [5.74, 6) is -0.322. The van der Waals surface area contributed by atoms with Crippen molar-refractivity contribution in [3.05, 3.63) is 29.1 Å². The Morgan fingerprint density at radius 2 is 1.92 bits per heavy atom. The highest BCUT2D eigenvalue weighted by Gasteiger charge is 2.46. The number of aromatic nitrogens is 1. The summed E-state index contributed by atoms with van der Waals surface area (Å²) in [6, 6.07) is 2.89. The van der Waals surface area contributed by atoms with Crippen molar-refractivity contribution in [2.75, 3.05) is 14.1 Å². The van der Waals surface area contributed by atoms with Gasteiger partial charge in [-0.2, -0.15) is 0 Å². The summed E-state index contributed by atoms with van der Waals surface area (Å²) in [6.07, 6.45) is 3.60. The normalized spacial score (nSPS) is 25.0. The molecule has 25 heavy (non-hydrogen) atoms. The predicted molar refractivity (Wildman–Crippen MR) is 92.6 cm³/mol. The fourth-order valence-electron chi connectivity index (χ4n) is 3.98. The molecule has 2 bridgehead atoms. The second-order valence-corrected chi connectivity index (χ2v) is 9.12. The molecule has 0 aliphatic heterocycles. The molecule has 2 fully saturated rings. The molecule has 1 unspecified atom stereocenters. The van der Waals surface area contributed by atoms with Crippen LogP contribution in [0.1, 0.15) is 52.2 Å². The Kier molecular flexibility index (Phi) is 4.57. The van der Waals surface area contributed by atoms with Crippen molar-refractivity contribution in [3.8, 4) is 0 Å². The van der Waals surface area contributed by atoms with E-state index in [2.05, 4.69) is 9.71 Å². The van der Waals surface area contributed by atoms with Gasteiger partial charge >= 0.3 is 0 Å². The molecule has 0 aromatic carbocycles. The lowest BCUT2D eigenvalue weighted by atomic mass is 10.0. The van der Waals surface area contributed by atoms with E-state index in [0.717, 1.165) is 19.3 Å². The summed E-state index contributed by atoms with van der Waals surface area (Å²) in [7, 11) is -0.471. The predicted octanol–water partition coefficient (Wildman–Crippen LogP) is 1.34. The second kappa shape index (κ2) is 6.40. The molecule has 1 N–H and O–H groups in total. The molecule has 2 aliphatic rings. The first kappa shape index (κ1) is 17.8. The Labute approximate surface area is 147 Å². The summed E-state index contributed by atoms with van der Waals surface area (Å²) in [4.78, 5) is 29.9. The lowest BCUT2D eigenvalue weighted by molar-refractivity contribution is 0.0820. The van der Waals surface area contributed by atoms with Crippen molar-refractivity contribution in [1.82, 2.24) is 14.6 Å². The van der Waals surface area contributed by atoms with E-state index in [0.29, 0.717) is 18.0 Å². The number of nitrogens with one attached hydrogen (secondary N) is 1. The SMILES string of the molecule is Cc1nc(C(=O)N(C)C)ccc1C(=O)NS(=O)(=O)C1C[C@@H]2CC[C@H]1C2. The molecule has 1 heterocycles. The average Bonchev–Trinajstić information content (AvgIpc) is 3.16. The number of rotatable bonds is 4. The van der Waals surface area contributed by atoms with E-state index in [1.165, 1.54) is 17.0 Å². The third-order valence-corrected chi connectivity index (χ3v) is 7.11. The number of pyridine rings is 1. The highest BCUT2D eigenvalue weighted by molar-refractivity contribution is 7.90. The van der Waals surface area contributed by atoms with Crippen molar-refractivity contribution in [2.45, 2.75) is 37.9 Å². The highest BCUT2D eigenvalue weighted by atomic mass is 32.2. The smallest absolute Gasteiger partial charge is 0.271 e. The van der Waals surface area contributed by atoms with Crippen LogP contribution in [-0.4, -0.2) is 49.5 Å². The molecule has 0 spiro atoms. The molecule has 0 radical (unpaired) electrons. The molecular weight excluding hydrogens is 342 g/mol. The van der Waals surface area contributed by atoms with Gasteiger partial charge in [0.05, 0.1) is 16.5 Å². The fourth-order valence-corrected chi connectivity index (χ4v) is 5.77. The van der Waals surface area contributed by atoms with Crippen LogP contribution in [0.4, 0.5) is 0 Å². The standard InChI is InChI=1S/C17H23N3O4S/c1-10-13(6-7-14(18-10)17(22)20(2)3)16(21)19-25(23,24)15-9-11-4-5-12(15)8-11/h6-7,11-12,15H,4-5,8-9H2,1-3H3,(H,19,21)/t11-,12+,15?/m1/s1. The quantitative estimate of drug-likeness (QED) is 0.868. The largest absolute Gasteiger partial charge is 0.343 e. The van der Waals surface area contributed by atoms with Gasteiger partial charge in [-0.05, 0) is 50.2 Å². The number of hydrogen-bond donors (Lipinski definition) is 1. The van der Waals surface area contributed by atoms with Crippen molar-refractivity contribution in [3.63, 3.8) is 0 Å². The zero-order chi connectivity index (χ0) is 18.4. The molecule has 1 aromatic rings. The molecule has 2 saturated carbocycles. The monoisotopic (exact) mass is 365 g/mol. The van der Waals surface area contributed by atoms with Crippen LogP contribution < -0.4 is 4.72 Å². The van der Waals surface area contributed by atoms with Gasteiger partial charge in [-0.3, -0.25) is 9.59 Å². The molecule has 3 rings (SSSR count). The maximum Gasteiger partial charge on any atom is 0.271 e. The Balaban J connectivity index is 1.76. The van der Waals surface area contributed by atoms with Gasteiger partial charge in [-0.1, -0.05) is 6.42 Å². The van der Waals surface area contributed by atoms with Gasteiger partial charge in [0.15, 0.2) is 0 Å². The van der Waals surface area contributed by atoms with Crippen LogP contribution in [0.15, 0.2) is 12.1 Å². The lowest BCUT2D eigenvalue weighted by Crippen LogP contribution is -2.41. The third kappa shape index (κ3) is 3.40. The number of hydrogen-bond acceptors (Lipinski definition) is 5. The zero-order valence-electron chi connectivity index (χ0n) is 14.7. The Bertz CT molecular complexity index is 819. The van der Waals surface area contributed by atoms with E-state index in [1.54, 1.807) is 21.0 Å². The first-order chi connectivity index (χ1) is 11.7. The summed E-state index contributed by atoms with van der Waals surface area (Å²) in [5, 5.41) is -0.474. The minimum Gasteiger partial charge on any atom is -0.343 e. The van der Waals surface area contributed by atoms with E-state index >= 15 is 0 Å². The summed E-state index contributed by atoms with van der Waals surface area (Å²) in [6.45, 7) is 1.59. The molecule has 1 aromatic heterocycles. The van der Waals surface area contributed by atoms with Gasteiger partial charge in [0, 0.05) is 14.1 Å². The zero-order valence-corrected chi connectivity index (χ0v) is 15.5. The van der Waals surface area contributed by atoms with Gasteiger partial charge in [0.2, 0.25) is 10.0 Å². The van der Waals surface area contributed by atoms with Gasteiger partial charge in [0.25, 0.3) is 11.8 Å². The van der Waals surface area contributed by atoms with E-state index in [1.807, 2.05) is 0 Å². The molecule has 136 valence electrons. The highest BCUT2D eigenvalue weighted by Crippen LogP contribution is 2.47. The molecule has 3 atom stereocenters. The van der Waals surface area contributed by atoms with E-state index in [4.69, 9.17) is 0 Å². The van der Waals surface area contributed by atoms with Gasteiger partial charge in [0.1, 0.15) is 5.69 Å². The number of fused-ring (bicyclic) bond motifs is 2. The van der Waals surface area contributed by atoms with Gasteiger partial charge < -0.3 is 4.90 Å². The minimum atomic E-state index is -3.70. The Morgan fingerprint density at radius 3 is 2.44 bits per heavy atom. The number of nitrogens with zero attached hydrogens (tertiary/aromatic N) is 2. The van der Waals surface area contributed by atoms with Crippen molar-refractivity contribution < 1.29 is 18.0 Å². The molecule has 8 heteroatoms. The van der Waals surface area contributed by atoms with Crippen molar-refractivity contribution in [2.24, 2.45) is 11.8 Å². The molecule has 7 nitrogen and oxygen atoms in total. The van der Waals surface area contributed by atoms with Crippen LogP contribution >= 0.6 is 0 Å². The number of sulfonamides is 1. The summed E-state index contributed by atoms with van der Waals surface area (Å²) >= 11 is 0.